The van der Waals surface area contributed by atoms with Crippen LogP contribution in [-0.4, -0.2) is 81.9 Å². The largest absolute Gasteiger partial charge is 0.493 e. The average molecular weight is 654 g/mol. The molecule has 46 heavy (non-hydrogen) atoms. The molecule has 1 aliphatic carbocycles. The fourth-order valence-electron chi connectivity index (χ4n) is 5.19. The Hall–Kier alpha value is -4.36. The van der Waals surface area contributed by atoms with E-state index in [1.165, 1.54) is 44.1 Å². The van der Waals surface area contributed by atoms with Gasteiger partial charge in [-0.3, -0.25) is 19.7 Å². The van der Waals surface area contributed by atoms with Crippen molar-refractivity contribution in [3.63, 3.8) is 0 Å². The number of ether oxygens (including phenoxy) is 4. The average Bonchev–Trinajstić information content (AvgIpc) is 3.54. The van der Waals surface area contributed by atoms with Gasteiger partial charge in [0.25, 0.3) is 5.91 Å². The van der Waals surface area contributed by atoms with Crippen molar-refractivity contribution in [1.82, 2.24) is 9.47 Å². The van der Waals surface area contributed by atoms with E-state index in [2.05, 4.69) is 45.8 Å². The first-order valence-electron chi connectivity index (χ1n) is 14.9. The summed E-state index contributed by atoms with van der Waals surface area (Å²) in [6.45, 7) is 15.4. The number of Topliss-reactive ketones (excluding diaryl/α,β-unsaturated/α-hetero) is 1. The first-order chi connectivity index (χ1) is 21.5. The Morgan fingerprint density at radius 2 is 1.70 bits per heavy atom. The summed E-state index contributed by atoms with van der Waals surface area (Å²) in [7, 11) is 3.74. The summed E-state index contributed by atoms with van der Waals surface area (Å²) in [5.41, 5.74) is 1.98. The maximum absolute atomic E-state index is 14.1. The van der Waals surface area contributed by atoms with E-state index >= 15 is 0 Å². The Morgan fingerprint density at radius 1 is 1.04 bits per heavy atom. The highest BCUT2D eigenvalue weighted by Crippen LogP contribution is 2.39. The predicted molar refractivity (Wildman–Crippen MR) is 174 cm³/mol. The number of hydrogen-bond donors (Lipinski definition) is 1. The number of nitrogens with one attached hydrogen (secondary N) is 1. The number of benzene rings is 1. The van der Waals surface area contributed by atoms with Gasteiger partial charge in [0.05, 0.1) is 56.5 Å². The van der Waals surface area contributed by atoms with Gasteiger partial charge in [0.1, 0.15) is 12.3 Å². The molecule has 0 saturated carbocycles. The molecule has 2 aromatic rings. The Morgan fingerprint density at radius 3 is 2.30 bits per heavy atom. The second-order valence-corrected chi connectivity index (χ2v) is 17.7. The first kappa shape index (κ1) is 34.5. The van der Waals surface area contributed by atoms with Crippen molar-refractivity contribution >= 4 is 37.6 Å². The lowest BCUT2D eigenvalue weighted by molar-refractivity contribution is 0.0686. The van der Waals surface area contributed by atoms with Gasteiger partial charge in [0.2, 0.25) is 11.6 Å². The van der Waals surface area contributed by atoms with Crippen LogP contribution in [0.15, 0.2) is 42.2 Å². The molecule has 0 bridgehead atoms. The molecule has 0 unspecified atom stereocenters. The predicted octanol–water partition coefficient (Wildman–Crippen LogP) is 5.49. The molecule has 0 radical (unpaired) electrons. The number of fused-ring (bicyclic) bond motifs is 1. The summed E-state index contributed by atoms with van der Waals surface area (Å²) in [4.78, 5) is 54.2. The molecule has 4 rings (SSSR count). The molecule has 1 saturated heterocycles. The minimum absolute atomic E-state index is 0.00576. The minimum Gasteiger partial charge on any atom is -0.493 e. The lowest BCUT2D eigenvalue weighted by atomic mass is 10.0. The van der Waals surface area contributed by atoms with Crippen LogP contribution in [0.1, 0.15) is 64.1 Å². The fourth-order valence-corrected chi connectivity index (χ4v) is 6.23. The molecule has 1 N–H and O–H groups in total. The van der Waals surface area contributed by atoms with E-state index < -0.39 is 26.0 Å². The van der Waals surface area contributed by atoms with Gasteiger partial charge in [-0.2, -0.15) is 0 Å². The van der Waals surface area contributed by atoms with Crippen LogP contribution < -0.4 is 14.8 Å². The van der Waals surface area contributed by atoms with Crippen molar-refractivity contribution < 1.29 is 42.6 Å². The van der Waals surface area contributed by atoms with Gasteiger partial charge in [-0.15, -0.1) is 0 Å². The second-order valence-electron chi connectivity index (χ2n) is 12.9. The standard InChI is InChI=1S/C33H43N3O9Si/c1-19-11-21(18-45-46(9,10)33(2,3)4)36(16-19)31(39)22-13-26(41-6)27(42-7)14-24(22)34-32(40)44-17-20-12-23-29(35(20)5)25(37)15-28(43-8)30(23)38/h12-15,21H,1,11,16-18H2,2-10H3,(H,34,40)/t21-/m0/s1. The van der Waals surface area contributed by atoms with Crippen molar-refractivity contribution in [3.05, 3.63) is 64.7 Å². The maximum atomic E-state index is 14.1. The molecule has 1 fully saturated rings. The van der Waals surface area contributed by atoms with E-state index in [9.17, 15) is 19.2 Å². The Balaban J connectivity index is 1.56. The van der Waals surface area contributed by atoms with E-state index in [1.807, 2.05) is 0 Å². The number of aromatic nitrogens is 1. The molecular formula is C33H43N3O9Si. The molecule has 248 valence electrons. The van der Waals surface area contributed by atoms with Crippen molar-refractivity contribution in [3.8, 4) is 11.5 Å². The summed E-state index contributed by atoms with van der Waals surface area (Å²) in [6.07, 6.45) is 0.875. The normalized spacial score (nSPS) is 16.6. The van der Waals surface area contributed by atoms with E-state index in [4.69, 9.17) is 23.4 Å². The second kappa shape index (κ2) is 13.2. The lowest BCUT2D eigenvalue weighted by Crippen LogP contribution is -2.46. The first-order valence-corrected chi connectivity index (χ1v) is 17.8. The van der Waals surface area contributed by atoms with Gasteiger partial charge in [0.15, 0.2) is 25.6 Å². The van der Waals surface area contributed by atoms with Crippen LogP contribution in [0, 0.1) is 0 Å². The Labute approximate surface area is 270 Å². The Kier molecular flexibility index (Phi) is 9.88. The van der Waals surface area contributed by atoms with E-state index in [1.54, 1.807) is 11.9 Å². The van der Waals surface area contributed by atoms with E-state index in [0.717, 1.165) is 11.6 Å². The third-order valence-corrected chi connectivity index (χ3v) is 13.4. The van der Waals surface area contributed by atoms with Gasteiger partial charge in [0, 0.05) is 25.7 Å². The zero-order valence-corrected chi connectivity index (χ0v) is 29.0. The number of allylic oxidation sites excluding steroid dienone is 2. The topological polar surface area (TPSA) is 135 Å². The van der Waals surface area contributed by atoms with Gasteiger partial charge >= 0.3 is 6.09 Å². The monoisotopic (exact) mass is 653 g/mol. The van der Waals surface area contributed by atoms with Crippen LogP contribution in [-0.2, 0) is 27.6 Å². The van der Waals surface area contributed by atoms with Crippen LogP contribution in [0.2, 0.25) is 18.1 Å². The zero-order chi connectivity index (χ0) is 34.1. The third kappa shape index (κ3) is 6.75. The summed E-state index contributed by atoms with van der Waals surface area (Å²) >= 11 is 0. The summed E-state index contributed by atoms with van der Waals surface area (Å²) < 4.78 is 29.4. The molecule has 2 amide bonds. The van der Waals surface area contributed by atoms with Crippen molar-refractivity contribution in [2.45, 2.75) is 58.0 Å². The van der Waals surface area contributed by atoms with E-state index in [-0.39, 0.29) is 51.9 Å². The number of carbonyl (C=O) groups is 4. The van der Waals surface area contributed by atoms with Crippen LogP contribution in [0.3, 0.4) is 0 Å². The zero-order valence-electron chi connectivity index (χ0n) is 28.0. The number of ketones is 2. The molecule has 2 aliphatic rings. The van der Waals surface area contributed by atoms with Gasteiger partial charge in [-0.05, 0) is 36.7 Å². The number of hydrogen-bond acceptors (Lipinski definition) is 9. The molecule has 2 heterocycles. The number of methoxy groups -OCH3 is 3. The lowest BCUT2D eigenvalue weighted by Gasteiger charge is -2.38. The minimum atomic E-state index is -2.08. The summed E-state index contributed by atoms with van der Waals surface area (Å²) in [5.74, 6) is -0.622. The molecular weight excluding hydrogens is 610 g/mol. The molecule has 12 nitrogen and oxygen atoms in total. The number of carbonyl (C=O) groups excluding carboxylic acids is 4. The molecule has 13 heteroatoms. The fraction of sp³-hybridized carbons (Fsp3) is 0.455. The van der Waals surface area contributed by atoms with Crippen molar-refractivity contribution in [1.29, 1.82) is 0 Å². The Bertz CT molecular complexity index is 1620. The quantitative estimate of drug-likeness (QED) is 0.261. The number of rotatable bonds is 10. The van der Waals surface area contributed by atoms with E-state index in [0.29, 0.717) is 36.8 Å². The van der Waals surface area contributed by atoms with Crippen LogP contribution in [0.4, 0.5) is 10.5 Å². The number of anilines is 1. The van der Waals surface area contributed by atoms with Crippen LogP contribution >= 0.6 is 0 Å². The van der Waals surface area contributed by atoms with Gasteiger partial charge in [-0.1, -0.05) is 32.9 Å². The summed E-state index contributed by atoms with van der Waals surface area (Å²) in [5, 5.41) is 2.67. The molecule has 1 aromatic heterocycles. The summed E-state index contributed by atoms with van der Waals surface area (Å²) in [6, 6.07) is 4.28. The highest BCUT2D eigenvalue weighted by Gasteiger charge is 2.40. The molecule has 0 spiro atoms. The molecule has 1 aliphatic heterocycles. The maximum Gasteiger partial charge on any atom is 0.412 e. The van der Waals surface area contributed by atoms with Crippen molar-refractivity contribution in [2.24, 2.45) is 7.05 Å². The number of likely N-dealkylation sites (tertiary alicyclic amines) is 1. The SMILES string of the molecule is C=C1C[C@@H](CO[Si](C)(C)C(C)(C)C)N(C(=O)c2cc(OC)c(OC)cc2NC(=O)OCc2cc3c(n2C)C(=O)C=C(OC)C3=O)C1. The van der Waals surface area contributed by atoms with Crippen LogP contribution in [0.25, 0.3) is 0 Å². The molecule has 1 aromatic carbocycles. The highest BCUT2D eigenvalue weighted by atomic mass is 28.4. The third-order valence-electron chi connectivity index (χ3n) is 8.92. The van der Waals surface area contributed by atoms with Gasteiger partial charge in [-0.25, -0.2) is 4.79 Å². The number of amides is 2. The van der Waals surface area contributed by atoms with Gasteiger partial charge < -0.3 is 32.8 Å². The number of nitrogens with zero attached hydrogens (tertiary/aromatic N) is 2. The van der Waals surface area contributed by atoms with Crippen LogP contribution in [0.5, 0.6) is 11.5 Å². The van der Waals surface area contributed by atoms with Crippen molar-refractivity contribution in [2.75, 3.05) is 39.8 Å². The smallest absolute Gasteiger partial charge is 0.412 e. The molecule has 1 atom stereocenters. The highest BCUT2D eigenvalue weighted by molar-refractivity contribution is 6.74.